The summed E-state index contributed by atoms with van der Waals surface area (Å²) in [6, 6.07) is 18.0. The van der Waals surface area contributed by atoms with Crippen molar-refractivity contribution in [2.75, 3.05) is 19.0 Å². The third kappa shape index (κ3) is 6.73. The van der Waals surface area contributed by atoms with Gasteiger partial charge in [0.05, 0.1) is 19.3 Å². The summed E-state index contributed by atoms with van der Waals surface area (Å²) < 4.78 is 14.9. The zero-order chi connectivity index (χ0) is 24.5. The summed E-state index contributed by atoms with van der Waals surface area (Å²) in [7, 11) is 1.48. The Kier molecular flexibility index (Phi) is 8.48. The zero-order valence-corrected chi connectivity index (χ0v) is 19.3. The first-order valence-corrected chi connectivity index (χ1v) is 10.7. The summed E-state index contributed by atoms with van der Waals surface area (Å²) in [5, 5.41) is 6.05. The van der Waals surface area contributed by atoms with Crippen molar-refractivity contribution < 1.29 is 28.6 Å². The van der Waals surface area contributed by atoms with Crippen LogP contribution in [0.1, 0.15) is 33.2 Å². The predicted octanol–water partition coefficient (Wildman–Crippen LogP) is 5.07. The molecule has 0 aliphatic carbocycles. The van der Waals surface area contributed by atoms with E-state index in [0.717, 1.165) is 5.56 Å². The highest BCUT2D eigenvalue weighted by molar-refractivity contribution is 6.31. The molecule has 0 radical (unpaired) electrons. The van der Waals surface area contributed by atoms with E-state index in [1.807, 2.05) is 6.07 Å². The van der Waals surface area contributed by atoms with Gasteiger partial charge in [-0.05, 0) is 67.1 Å². The van der Waals surface area contributed by atoms with E-state index in [2.05, 4.69) is 10.6 Å². The third-order valence-electron chi connectivity index (χ3n) is 4.62. The van der Waals surface area contributed by atoms with Gasteiger partial charge in [0.1, 0.15) is 11.5 Å². The Morgan fingerprint density at radius 3 is 2.41 bits per heavy atom. The summed E-state index contributed by atoms with van der Waals surface area (Å²) in [6.07, 6.45) is -0.808. The maximum atomic E-state index is 12.6. The molecule has 0 atom stereocenters. The lowest BCUT2D eigenvalue weighted by Crippen LogP contribution is -2.23. The molecule has 0 fully saturated rings. The number of carbonyl (C=O) groups is 3. The molecule has 2 N–H and O–H groups in total. The van der Waals surface area contributed by atoms with Crippen molar-refractivity contribution in [3.63, 3.8) is 0 Å². The van der Waals surface area contributed by atoms with Crippen LogP contribution in [0.3, 0.4) is 0 Å². The zero-order valence-electron chi connectivity index (χ0n) is 18.6. The molecule has 2 amide bonds. The van der Waals surface area contributed by atoms with E-state index in [-0.39, 0.29) is 30.7 Å². The third-order valence-corrected chi connectivity index (χ3v) is 4.86. The molecule has 0 aromatic heterocycles. The average molecular weight is 483 g/mol. The van der Waals surface area contributed by atoms with Crippen LogP contribution in [0.5, 0.6) is 11.5 Å². The van der Waals surface area contributed by atoms with E-state index >= 15 is 0 Å². The standard InChI is InChI=1S/C25H23ClN2O6/c1-3-33-25(31)34-20-10-7-17(8-11-20)23(29)28-19-6-4-5-16(13-19)15-27-24(30)21-14-18(26)9-12-22(21)32-2/h4-14H,3,15H2,1-2H3,(H,27,30)(H,28,29). The monoisotopic (exact) mass is 482 g/mol. The van der Waals surface area contributed by atoms with E-state index in [1.165, 1.54) is 37.4 Å². The molecule has 0 aliphatic rings. The molecule has 3 aromatic rings. The Bertz CT molecular complexity index is 1180. The van der Waals surface area contributed by atoms with Crippen molar-refractivity contribution in [3.8, 4) is 11.5 Å². The van der Waals surface area contributed by atoms with Gasteiger partial charge in [-0.15, -0.1) is 0 Å². The van der Waals surface area contributed by atoms with Gasteiger partial charge in [0.15, 0.2) is 0 Å². The summed E-state index contributed by atoms with van der Waals surface area (Å²) in [4.78, 5) is 36.5. The Balaban J connectivity index is 1.60. The maximum absolute atomic E-state index is 12.6. The number of hydrogen-bond donors (Lipinski definition) is 2. The molecule has 0 unspecified atom stereocenters. The second-order valence-electron chi connectivity index (χ2n) is 6.99. The van der Waals surface area contributed by atoms with Gasteiger partial charge in [0, 0.05) is 22.8 Å². The molecule has 0 aliphatic heterocycles. The fourth-order valence-corrected chi connectivity index (χ4v) is 3.19. The number of benzene rings is 3. The minimum Gasteiger partial charge on any atom is -0.496 e. The van der Waals surface area contributed by atoms with Gasteiger partial charge in [-0.2, -0.15) is 0 Å². The summed E-state index contributed by atoms with van der Waals surface area (Å²) in [5.41, 5.74) is 2.05. The summed E-state index contributed by atoms with van der Waals surface area (Å²) in [6.45, 7) is 2.11. The number of nitrogens with one attached hydrogen (secondary N) is 2. The first-order valence-electron chi connectivity index (χ1n) is 10.4. The van der Waals surface area contributed by atoms with Crippen LogP contribution in [0.4, 0.5) is 10.5 Å². The van der Waals surface area contributed by atoms with Gasteiger partial charge >= 0.3 is 6.16 Å². The number of amides is 2. The summed E-state index contributed by atoms with van der Waals surface area (Å²) >= 11 is 5.99. The lowest BCUT2D eigenvalue weighted by Gasteiger charge is -2.11. The smallest absolute Gasteiger partial charge is 0.496 e. The average Bonchev–Trinajstić information content (AvgIpc) is 2.83. The summed E-state index contributed by atoms with van der Waals surface area (Å²) in [5.74, 6) is 0.0112. The largest absolute Gasteiger partial charge is 0.513 e. The normalized spacial score (nSPS) is 10.2. The van der Waals surface area contributed by atoms with Gasteiger partial charge in [0.25, 0.3) is 11.8 Å². The fourth-order valence-electron chi connectivity index (χ4n) is 3.02. The van der Waals surface area contributed by atoms with E-state index in [1.54, 1.807) is 37.3 Å². The van der Waals surface area contributed by atoms with Gasteiger partial charge in [-0.1, -0.05) is 23.7 Å². The number of hydrogen-bond acceptors (Lipinski definition) is 6. The lowest BCUT2D eigenvalue weighted by molar-refractivity contribution is 0.0946. The minimum atomic E-state index is -0.808. The Morgan fingerprint density at radius 1 is 0.941 bits per heavy atom. The minimum absolute atomic E-state index is 0.205. The number of ether oxygens (including phenoxy) is 3. The molecule has 0 heterocycles. The van der Waals surface area contributed by atoms with Crippen LogP contribution >= 0.6 is 11.6 Å². The van der Waals surface area contributed by atoms with Crippen molar-refractivity contribution in [2.24, 2.45) is 0 Å². The van der Waals surface area contributed by atoms with Crippen LogP contribution in [-0.4, -0.2) is 31.7 Å². The second kappa shape index (κ2) is 11.7. The Hall–Kier alpha value is -4.04. The molecule has 9 heteroatoms. The van der Waals surface area contributed by atoms with Crippen LogP contribution in [0.15, 0.2) is 66.7 Å². The first-order chi connectivity index (χ1) is 16.4. The molecule has 8 nitrogen and oxygen atoms in total. The van der Waals surface area contributed by atoms with Crippen LogP contribution in [0.2, 0.25) is 5.02 Å². The molecule has 3 rings (SSSR count). The van der Waals surface area contributed by atoms with E-state index < -0.39 is 6.16 Å². The highest BCUT2D eigenvalue weighted by Gasteiger charge is 2.13. The highest BCUT2D eigenvalue weighted by atomic mass is 35.5. The number of carbonyl (C=O) groups excluding carboxylic acids is 3. The molecule has 176 valence electrons. The van der Waals surface area contributed by atoms with Crippen LogP contribution in [0, 0.1) is 0 Å². The van der Waals surface area contributed by atoms with Crippen molar-refractivity contribution in [1.82, 2.24) is 5.32 Å². The highest BCUT2D eigenvalue weighted by Crippen LogP contribution is 2.23. The van der Waals surface area contributed by atoms with Crippen LogP contribution < -0.4 is 20.1 Å². The molecule has 3 aromatic carbocycles. The molecular weight excluding hydrogens is 460 g/mol. The first kappa shape index (κ1) is 24.6. The molecule has 34 heavy (non-hydrogen) atoms. The molecule has 0 spiro atoms. The topological polar surface area (TPSA) is 103 Å². The van der Waals surface area contributed by atoms with E-state index in [0.29, 0.717) is 27.6 Å². The SMILES string of the molecule is CCOC(=O)Oc1ccc(C(=O)Nc2cccc(CNC(=O)c3cc(Cl)ccc3OC)c2)cc1. The predicted molar refractivity (Wildman–Crippen MR) is 128 cm³/mol. The van der Waals surface area contributed by atoms with Gasteiger partial charge in [-0.3, -0.25) is 9.59 Å². The molecule has 0 saturated carbocycles. The second-order valence-corrected chi connectivity index (χ2v) is 7.43. The van der Waals surface area contributed by atoms with Crippen LogP contribution in [0.25, 0.3) is 0 Å². The fraction of sp³-hybridized carbons (Fsp3) is 0.160. The van der Waals surface area contributed by atoms with Gasteiger partial charge in [-0.25, -0.2) is 4.79 Å². The maximum Gasteiger partial charge on any atom is 0.513 e. The Labute approximate surface area is 201 Å². The van der Waals surface area contributed by atoms with Crippen molar-refractivity contribution in [2.45, 2.75) is 13.5 Å². The van der Waals surface area contributed by atoms with Crippen molar-refractivity contribution in [1.29, 1.82) is 0 Å². The number of methoxy groups -OCH3 is 1. The molecule has 0 saturated heterocycles. The molecule has 0 bridgehead atoms. The number of halogens is 1. The van der Waals surface area contributed by atoms with Crippen molar-refractivity contribution >= 4 is 35.3 Å². The van der Waals surface area contributed by atoms with Crippen LogP contribution in [-0.2, 0) is 11.3 Å². The number of rotatable bonds is 8. The van der Waals surface area contributed by atoms with Gasteiger partial charge < -0.3 is 24.8 Å². The van der Waals surface area contributed by atoms with Gasteiger partial charge in [0.2, 0.25) is 0 Å². The van der Waals surface area contributed by atoms with E-state index in [9.17, 15) is 14.4 Å². The lowest BCUT2D eigenvalue weighted by atomic mass is 10.1. The van der Waals surface area contributed by atoms with E-state index in [4.69, 9.17) is 25.8 Å². The quantitative estimate of drug-likeness (QED) is 0.343. The molecular formula is C25H23ClN2O6. The Morgan fingerprint density at radius 2 is 1.71 bits per heavy atom. The van der Waals surface area contributed by atoms with Crippen molar-refractivity contribution in [3.05, 3.63) is 88.4 Å². The number of anilines is 1.